The molecule has 3 rings (SSSR count). The van der Waals surface area contributed by atoms with Gasteiger partial charge in [-0.25, -0.2) is 8.78 Å². The lowest BCUT2D eigenvalue weighted by molar-refractivity contribution is -0.0101. The van der Waals surface area contributed by atoms with E-state index in [1.807, 2.05) is 6.92 Å². The Kier molecular flexibility index (Phi) is 7.82. The van der Waals surface area contributed by atoms with Crippen LogP contribution in [0.5, 0.6) is 0 Å². The van der Waals surface area contributed by atoms with Crippen LogP contribution in [0.2, 0.25) is 0 Å². The van der Waals surface area contributed by atoms with Gasteiger partial charge in [0, 0.05) is 0 Å². The van der Waals surface area contributed by atoms with E-state index in [0.29, 0.717) is 5.92 Å². The molecule has 3 aliphatic rings. The Morgan fingerprint density at radius 2 is 1.23 bits per heavy atom. The molecule has 0 aromatic heterocycles. The van der Waals surface area contributed by atoms with E-state index in [2.05, 4.69) is 6.92 Å². The van der Waals surface area contributed by atoms with E-state index in [9.17, 15) is 8.78 Å². The topological polar surface area (TPSA) is 0 Å². The van der Waals surface area contributed by atoms with Crippen molar-refractivity contribution in [2.75, 3.05) is 0 Å². The minimum absolute atomic E-state index is 0.0106. The van der Waals surface area contributed by atoms with Crippen LogP contribution in [-0.2, 0) is 0 Å². The van der Waals surface area contributed by atoms with Gasteiger partial charge in [-0.2, -0.15) is 0 Å². The predicted molar refractivity (Wildman–Crippen MR) is 107 cm³/mol. The summed E-state index contributed by atoms with van der Waals surface area (Å²) in [5.41, 5.74) is 0. The second kappa shape index (κ2) is 9.87. The average Bonchev–Trinajstić information content (AvgIpc) is 2.67. The second-order valence-corrected chi connectivity index (χ2v) is 10.1. The van der Waals surface area contributed by atoms with E-state index in [-0.39, 0.29) is 11.8 Å². The third-order valence-corrected chi connectivity index (χ3v) is 8.41. The fourth-order valence-corrected chi connectivity index (χ4v) is 6.50. The van der Waals surface area contributed by atoms with E-state index in [1.165, 1.54) is 64.2 Å². The molecule has 26 heavy (non-hydrogen) atoms. The highest BCUT2D eigenvalue weighted by Crippen LogP contribution is 2.47. The van der Waals surface area contributed by atoms with Crippen LogP contribution in [-0.4, -0.2) is 12.3 Å². The lowest BCUT2D eigenvalue weighted by atomic mass is 9.64. The molecular formula is C24H42F2. The summed E-state index contributed by atoms with van der Waals surface area (Å²) in [6, 6.07) is 0. The maximum Gasteiger partial charge on any atom is 0.134 e. The van der Waals surface area contributed by atoms with Crippen molar-refractivity contribution in [1.29, 1.82) is 0 Å². The summed E-state index contributed by atoms with van der Waals surface area (Å²) in [4.78, 5) is 0. The normalized spacial score (nSPS) is 44.8. The van der Waals surface area contributed by atoms with Gasteiger partial charge in [-0.15, -0.1) is 0 Å². The molecule has 0 N–H and O–H groups in total. The van der Waals surface area contributed by atoms with Crippen LogP contribution in [0.15, 0.2) is 0 Å². The first kappa shape index (κ1) is 20.6. The summed E-state index contributed by atoms with van der Waals surface area (Å²) in [6.07, 6.45) is 15.7. The third kappa shape index (κ3) is 5.02. The minimum Gasteiger partial charge on any atom is -0.244 e. The number of hydrogen-bond acceptors (Lipinski definition) is 0. The fourth-order valence-electron chi connectivity index (χ4n) is 6.50. The molecule has 152 valence electrons. The van der Waals surface area contributed by atoms with Crippen LogP contribution in [0, 0.1) is 35.5 Å². The molecule has 0 heterocycles. The quantitative estimate of drug-likeness (QED) is 0.418. The van der Waals surface area contributed by atoms with Crippen LogP contribution in [0.25, 0.3) is 0 Å². The first-order valence-electron chi connectivity index (χ1n) is 11.9. The Labute approximate surface area is 160 Å². The van der Waals surface area contributed by atoms with Crippen molar-refractivity contribution >= 4 is 0 Å². The van der Waals surface area contributed by atoms with Crippen molar-refractivity contribution in [3.05, 3.63) is 0 Å². The molecule has 0 radical (unpaired) electrons. The van der Waals surface area contributed by atoms with Gasteiger partial charge in [0.05, 0.1) is 0 Å². The summed E-state index contributed by atoms with van der Waals surface area (Å²) >= 11 is 0. The molecule has 0 aliphatic heterocycles. The molecule has 0 saturated heterocycles. The van der Waals surface area contributed by atoms with Crippen molar-refractivity contribution in [3.63, 3.8) is 0 Å². The Hall–Kier alpha value is -0.140. The maximum atomic E-state index is 14.5. The van der Waals surface area contributed by atoms with E-state index in [1.54, 1.807) is 0 Å². The molecule has 0 nitrogen and oxygen atoms in total. The van der Waals surface area contributed by atoms with Crippen LogP contribution in [0.4, 0.5) is 8.78 Å². The molecule has 0 aromatic rings. The third-order valence-electron chi connectivity index (χ3n) is 8.41. The predicted octanol–water partition coefficient (Wildman–Crippen LogP) is 7.90. The SMILES string of the molecule is CCCCCC1CCC(C2CCC(C3CCC(C)C(F)C3F)CC2)CC1. The first-order valence-corrected chi connectivity index (χ1v) is 11.9. The van der Waals surface area contributed by atoms with Gasteiger partial charge < -0.3 is 0 Å². The monoisotopic (exact) mass is 368 g/mol. The standard InChI is InChI=1S/C24H42F2/c1-3-4-5-6-18-8-10-19(11-9-18)20-12-14-21(15-13-20)22-16-7-17(2)23(25)24(22)26/h17-24H,3-16H2,1-2H3. The molecule has 3 aliphatic carbocycles. The molecule has 0 aromatic carbocycles. The highest BCUT2D eigenvalue weighted by atomic mass is 19.2. The van der Waals surface area contributed by atoms with E-state index in [4.69, 9.17) is 0 Å². The van der Waals surface area contributed by atoms with E-state index < -0.39 is 12.3 Å². The van der Waals surface area contributed by atoms with E-state index in [0.717, 1.165) is 43.4 Å². The lowest BCUT2D eigenvalue weighted by Gasteiger charge is -2.43. The van der Waals surface area contributed by atoms with Gasteiger partial charge >= 0.3 is 0 Å². The second-order valence-electron chi connectivity index (χ2n) is 10.1. The summed E-state index contributed by atoms with van der Waals surface area (Å²) < 4.78 is 28.6. The molecule has 3 fully saturated rings. The zero-order valence-electron chi connectivity index (χ0n) is 17.3. The van der Waals surface area contributed by atoms with Crippen molar-refractivity contribution in [2.24, 2.45) is 35.5 Å². The van der Waals surface area contributed by atoms with Crippen LogP contribution in [0.3, 0.4) is 0 Å². The largest absolute Gasteiger partial charge is 0.244 e. The Balaban J connectivity index is 1.39. The van der Waals surface area contributed by atoms with Gasteiger partial charge in [0.1, 0.15) is 12.3 Å². The lowest BCUT2D eigenvalue weighted by Crippen LogP contribution is -2.41. The molecule has 2 heteroatoms. The fraction of sp³-hybridized carbons (Fsp3) is 1.00. The average molecular weight is 369 g/mol. The number of alkyl halides is 2. The van der Waals surface area contributed by atoms with Crippen LogP contribution >= 0.6 is 0 Å². The van der Waals surface area contributed by atoms with Gasteiger partial charge in [0.25, 0.3) is 0 Å². The summed E-state index contributed by atoms with van der Waals surface area (Å²) in [7, 11) is 0. The smallest absolute Gasteiger partial charge is 0.134 e. The molecule has 4 atom stereocenters. The van der Waals surface area contributed by atoms with Gasteiger partial charge in [-0.1, -0.05) is 52.4 Å². The van der Waals surface area contributed by atoms with Crippen molar-refractivity contribution in [3.8, 4) is 0 Å². The number of rotatable bonds is 6. The van der Waals surface area contributed by atoms with Crippen molar-refractivity contribution < 1.29 is 8.78 Å². The molecule has 0 amide bonds. The summed E-state index contributed by atoms with van der Waals surface area (Å²) in [5.74, 6) is 3.19. The number of halogens is 2. The number of unbranched alkanes of at least 4 members (excludes halogenated alkanes) is 2. The minimum atomic E-state index is -1.21. The van der Waals surface area contributed by atoms with Crippen molar-refractivity contribution in [1.82, 2.24) is 0 Å². The Bertz CT molecular complexity index is 393. The van der Waals surface area contributed by atoms with E-state index >= 15 is 0 Å². The molecular weight excluding hydrogens is 326 g/mol. The summed E-state index contributed by atoms with van der Waals surface area (Å²) in [5, 5.41) is 0. The van der Waals surface area contributed by atoms with Crippen LogP contribution in [0.1, 0.15) is 104 Å². The van der Waals surface area contributed by atoms with Gasteiger partial charge in [0.15, 0.2) is 0 Å². The Morgan fingerprint density at radius 3 is 1.85 bits per heavy atom. The zero-order valence-corrected chi connectivity index (χ0v) is 17.3. The maximum absolute atomic E-state index is 14.5. The van der Waals surface area contributed by atoms with Crippen LogP contribution < -0.4 is 0 Å². The zero-order chi connectivity index (χ0) is 18.5. The molecule has 0 spiro atoms. The summed E-state index contributed by atoms with van der Waals surface area (Å²) in [6.45, 7) is 4.17. The van der Waals surface area contributed by atoms with Gasteiger partial charge in [0.2, 0.25) is 0 Å². The van der Waals surface area contributed by atoms with Gasteiger partial charge in [-0.05, 0) is 86.9 Å². The first-order chi connectivity index (χ1) is 12.6. The highest BCUT2D eigenvalue weighted by molar-refractivity contribution is 4.92. The number of hydrogen-bond donors (Lipinski definition) is 0. The Morgan fingerprint density at radius 1 is 0.654 bits per heavy atom. The van der Waals surface area contributed by atoms with Crippen molar-refractivity contribution in [2.45, 2.75) is 116 Å². The van der Waals surface area contributed by atoms with Gasteiger partial charge in [-0.3, -0.25) is 0 Å². The molecule has 0 bridgehead atoms. The molecule has 4 unspecified atom stereocenters. The highest BCUT2D eigenvalue weighted by Gasteiger charge is 2.43. The molecule has 3 saturated carbocycles.